The number of pyridine rings is 1. The van der Waals surface area contributed by atoms with Gasteiger partial charge < -0.3 is 18.8 Å². The number of methoxy groups -OCH3 is 1. The lowest BCUT2D eigenvalue weighted by atomic mass is 9.82. The Morgan fingerprint density at radius 3 is 2.96 bits per heavy atom. The van der Waals surface area contributed by atoms with Crippen LogP contribution in [0, 0.1) is 0 Å². The molecule has 2 aliphatic rings. The standard InChI is InChI=1S/C18H23N3O3/c1-23-15-5-4-12-24-18(15)7-10-20(11-8-18)17(22)14-13-21-9-3-2-6-16(21)19-14/h2-3,6,9,13,15H,4-5,7-8,10-12H2,1H3/t15-/m0/s1. The summed E-state index contributed by atoms with van der Waals surface area (Å²) in [6.45, 7) is 2.17. The monoisotopic (exact) mass is 329 g/mol. The molecule has 0 bridgehead atoms. The van der Waals surface area contributed by atoms with Gasteiger partial charge in [0.1, 0.15) is 11.3 Å². The maximum Gasteiger partial charge on any atom is 0.274 e. The fraction of sp³-hybridized carbons (Fsp3) is 0.556. The molecule has 0 aromatic carbocycles. The van der Waals surface area contributed by atoms with Gasteiger partial charge in [-0.05, 0) is 37.8 Å². The highest BCUT2D eigenvalue weighted by Crippen LogP contribution is 2.37. The zero-order chi connectivity index (χ0) is 16.6. The van der Waals surface area contributed by atoms with Crippen molar-refractivity contribution in [2.24, 2.45) is 0 Å². The Bertz CT molecular complexity index is 701. The summed E-state index contributed by atoms with van der Waals surface area (Å²) >= 11 is 0. The first-order chi connectivity index (χ1) is 11.7. The van der Waals surface area contributed by atoms with Gasteiger partial charge in [0.2, 0.25) is 0 Å². The second kappa shape index (κ2) is 6.18. The molecule has 1 atom stereocenters. The summed E-state index contributed by atoms with van der Waals surface area (Å²) in [6, 6.07) is 5.76. The fourth-order valence-corrected chi connectivity index (χ4v) is 3.99. The van der Waals surface area contributed by atoms with Crippen LogP contribution in [0.1, 0.15) is 36.2 Å². The molecule has 0 aliphatic carbocycles. The molecular weight excluding hydrogens is 306 g/mol. The summed E-state index contributed by atoms with van der Waals surface area (Å²) in [4.78, 5) is 19.1. The van der Waals surface area contributed by atoms with Crippen molar-refractivity contribution in [1.29, 1.82) is 0 Å². The lowest BCUT2D eigenvalue weighted by molar-refractivity contribution is -0.183. The SMILES string of the molecule is CO[C@H]1CCCOC12CCN(C(=O)c1cn3ccccc3n1)CC2. The number of nitrogens with zero attached hydrogens (tertiary/aromatic N) is 3. The third-order valence-electron chi connectivity index (χ3n) is 5.35. The van der Waals surface area contributed by atoms with Crippen LogP contribution in [0.25, 0.3) is 5.65 Å². The lowest BCUT2D eigenvalue weighted by Crippen LogP contribution is -2.56. The van der Waals surface area contributed by atoms with Gasteiger partial charge in [0.25, 0.3) is 5.91 Å². The molecule has 0 saturated carbocycles. The fourth-order valence-electron chi connectivity index (χ4n) is 3.99. The molecule has 2 aromatic rings. The minimum absolute atomic E-state index is 0.00155. The minimum Gasteiger partial charge on any atom is -0.378 e. The van der Waals surface area contributed by atoms with Crippen molar-refractivity contribution in [3.05, 3.63) is 36.3 Å². The molecule has 6 nitrogen and oxygen atoms in total. The molecule has 2 aromatic heterocycles. The topological polar surface area (TPSA) is 56.1 Å². The van der Waals surface area contributed by atoms with Crippen molar-refractivity contribution in [2.45, 2.75) is 37.4 Å². The normalized spacial score (nSPS) is 23.7. The van der Waals surface area contributed by atoms with E-state index in [0.717, 1.165) is 37.9 Å². The van der Waals surface area contributed by atoms with Gasteiger partial charge in [0.05, 0.1) is 11.7 Å². The molecule has 6 heteroatoms. The molecule has 2 aliphatic heterocycles. The maximum absolute atomic E-state index is 12.8. The number of rotatable bonds is 2. The maximum atomic E-state index is 12.8. The number of hydrogen-bond acceptors (Lipinski definition) is 4. The van der Waals surface area contributed by atoms with E-state index < -0.39 is 0 Å². The zero-order valence-corrected chi connectivity index (χ0v) is 14.0. The number of aromatic nitrogens is 2. The summed E-state index contributed by atoms with van der Waals surface area (Å²) < 4.78 is 13.6. The predicted octanol–water partition coefficient (Wildman–Crippen LogP) is 2.13. The van der Waals surface area contributed by atoms with Gasteiger partial charge in [-0.1, -0.05) is 6.07 Å². The van der Waals surface area contributed by atoms with E-state index in [1.807, 2.05) is 33.7 Å². The summed E-state index contributed by atoms with van der Waals surface area (Å²) in [5.74, 6) is -0.00155. The molecule has 4 rings (SSSR count). The molecule has 2 saturated heterocycles. The number of hydrogen-bond donors (Lipinski definition) is 0. The first-order valence-electron chi connectivity index (χ1n) is 8.62. The number of imidazole rings is 1. The van der Waals surface area contributed by atoms with Crippen molar-refractivity contribution in [2.75, 3.05) is 26.8 Å². The average molecular weight is 329 g/mol. The average Bonchev–Trinajstić information content (AvgIpc) is 3.06. The smallest absolute Gasteiger partial charge is 0.274 e. The molecule has 0 N–H and O–H groups in total. The molecule has 0 unspecified atom stereocenters. The molecular formula is C18H23N3O3. The summed E-state index contributed by atoms with van der Waals surface area (Å²) in [5, 5.41) is 0. The van der Waals surface area contributed by atoms with Crippen LogP contribution in [0.15, 0.2) is 30.6 Å². The van der Waals surface area contributed by atoms with Gasteiger partial charge in [-0.15, -0.1) is 0 Å². The van der Waals surface area contributed by atoms with E-state index in [2.05, 4.69) is 4.98 Å². The molecule has 128 valence electrons. The van der Waals surface area contributed by atoms with Crippen molar-refractivity contribution in [3.63, 3.8) is 0 Å². The quantitative estimate of drug-likeness (QED) is 0.847. The van der Waals surface area contributed by atoms with Gasteiger partial charge in [0.15, 0.2) is 0 Å². The Morgan fingerprint density at radius 2 is 2.21 bits per heavy atom. The van der Waals surface area contributed by atoms with E-state index in [0.29, 0.717) is 18.8 Å². The van der Waals surface area contributed by atoms with E-state index in [1.54, 1.807) is 13.3 Å². The predicted molar refractivity (Wildman–Crippen MR) is 89.0 cm³/mol. The van der Waals surface area contributed by atoms with Gasteiger partial charge in [-0.3, -0.25) is 4.79 Å². The Morgan fingerprint density at radius 1 is 1.38 bits per heavy atom. The number of ether oxygens (including phenoxy) is 2. The highest BCUT2D eigenvalue weighted by Gasteiger charge is 2.45. The summed E-state index contributed by atoms with van der Waals surface area (Å²) in [5.41, 5.74) is 1.08. The van der Waals surface area contributed by atoms with Crippen LogP contribution in [0.3, 0.4) is 0 Å². The number of piperidine rings is 1. The van der Waals surface area contributed by atoms with Gasteiger partial charge in [0, 0.05) is 39.2 Å². The minimum atomic E-state index is -0.220. The van der Waals surface area contributed by atoms with Crippen LogP contribution >= 0.6 is 0 Å². The van der Waals surface area contributed by atoms with Crippen LogP contribution in [0.4, 0.5) is 0 Å². The van der Waals surface area contributed by atoms with E-state index in [9.17, 15) is 4.79 Å². The van der Waals surface area contributed by atoms with Crippen molar-refractivity contribution in [3.8, 4) is 0 Å². The number of fused-ring (bicyclic) bond motifs is 1. The Kier molecular flexibility index (Phi) is 4.02. The van der Waals surface area contributed by atoms with Crippen molar-refractivity contribution < 1.29 is 14.3 Å². The number of carbonyl (C=O) groups excluding carboxylic acids is 1. The Labute approximate surface area is 141 Å². The molecule has 1 amide bonds. The zero-order valence-electron chi connectivity index (χ0n) is 14.0. The van der Waals surface area contributed by atoms with Crippen LogP contribution < -0.4 is 0 Å². The summed E-state index contributed by atoms with van der Waals surface area (Å²) in [6.07, 6.45) is 7.58. The Balaban J connectivity index is 1.48. The van der Waals surface area contributed by atoms with E-state index in [1.165, 1.54) is 0 Å². The highest BCUT2D eigenvalue weighted by molar-refractivity contribution is 5.93. The largest absolute Gasteiger partial charge is 0.378 e. The third-order valence-corrected chi connectivity index (χ3v) is 5.35. The van der Waals surface area contributed by atoms with Gasteiger partial charge in [-0.25, -0.2) is 4.98 Å². The second-order valence-electron chi connectivity index (χ2n) is 6.66. The first kappa shape index (κ1) is 15.6. The molecule has 24 heavy (non-hydrogen) atoms. The third kappa shape index (κ3) is 2.59. The van der Waals surface area contributed by atoms with Crippen molar-refractivity contribution >= 4 is 11.6 Å². The lowest BCUT2D eigenvalue weighted by Gasteiger charge is -2.47. The highest BCUT2D eigenvalue weighted by atomic mass is 16.5. The summed E-state index contributed by atoms with van der Waals surface area (Å²) in [7, 11) is 1.76. The van der Waals surface area contributed by atoms with Crippen LogP contribution in [-0.4, -0.2) is 58.7 Å². The molecule has 0 radical (unpaired) electrons. The van der Waals surface area contributed by atoms with E-state index >= 15 is 0 Å². The Hall–Kier alpha value is -1.92. The molecule has 2 fully saturated rings. The van der Waals surface area contributed by atoms with Gasteiger partial charge in [-0.2, -0.15) is 0 Å². The van der Waals surface area contributed by atoms with E-state index in [-0.39, 0.29) is 17.6 Å². The number of amides is 1. The number of carbonyl (C=O) groups is 1. The van der Waals surface area contributed by atoms with Crippen LogP contribution in [0.5, 0.6) is 0 Å². The van der Waals surface area contributed by atoms with Crippen molar-refractivity contribution in [1.82, 2.24) is 14.3 Å². The first-order valence-corrected chi connectivity index (χ1v) is 8.62. The molecule has 1 spiro atoms. The number of likely N-dealkylation sites (tertiary alicyclic amines) is 1. The van der Waals surface area contributed by atoms with E-state index in [4.69, 9.17) is 9.47 Å². The van der Waals surface area contributed by atoms with Crippen LogP contribution in [-0.2, 0) is 9.47 Å². The molecule has 4 heterocycles. The van der Waals surface area contributed by atoms with Crippen LogP contribution in [0.2, 0.25) is 0 Å². The van der Waals surface area contributed by atoms with Gasteiger partial charge >= 0.3 is 0 Å². The second-order valence-corrected chi connectivity index (χ2v) is 6.66.